The second-order valence-corrected chi connectivity index (χ2v) is 5.24. The molecule has 1 fully saturated rings. The van der Waals surface area contributed by atoms with Crippen LogP contribution in [-0.2, 0) is 0 Å². The Morgan fingerprint density at radius 3 is 2.87 bits per heavy atom. The van der Waals surface area contributed by atoms with E-state index in [4.69, 9.17) is 10.9 Å². The number of amidine groups is 1. The van der Waals surface area contributed by atoms with Gasteiger partial charge in [-0.3, -0.25) is 0 Å². The Hall–Kier alpha value is -0.770. The lowest BCUT2D eigenvalue weighted by atomic mass is 9.84. The van der Waals surface area contributed by atoms with Crippen molar-refractivity contribution >= 4 is 5.84 Å². The van der Waals surface area contributed by atoms with Crippen molar-refractivity contribution in [3.63, 3.8) is 0 Å². The van der Waals surface area contributed by atoms with Crippen LogP contribution in [0.2, 0.25) is 0 Å². The van der Waals surface area contributed by atoms with Gasteiger partial charge in [0.25, 0.3) is 0 Å². The van der Waals surface area contributed by atoms with Gasteiger partial charge in [-0.1, -0.05) is 19.0 Å². The Morgan fingerprint density at radius 2 is 2.27 bits per heavy atom. The maximum atomic E-state index is 8.40. The first-order valence-electron chi connectivity index (χ1n) is 5.72. The summed E-state index contributed by atoms with van der Waals surface area (Å²) in [6.45, 7) is 8.06. The molecular weight excluding hydrogens is 190 g/mol. The highest BCUT2D eigenvalue weighted by Crippen LogP contribution is 2.28. The molecule has 0 unspecified atom stereocenters. The predicted molar refractivity (Wildman–Crippen MR) is 62.1 cm³/mol. The molecule has 0 aromatic carbocycles. The molecule has 3 N–H and O–H groups in total. The minimum absolute atomic E-state index is 0.339. The summed E-state index contributed by atoms with van der Waals surface area (Å²) < 4.78 is 0. The third-order valence-corrected chi connectivity index (χ3v) is 3.02. The Kier molecular flexibility index (Phi) is 4.39. The summed E-state index contributed by atoms with van der Waals surface area (Å²) in [5.74, 6) is 0.339. The van der Waals surface area contributed by atoms with Gasteiger partial charge >= 0.3 is 0 Å². The van der Waals surface area contributed by atoms with E-state index in [1.54, 1.807) is 0 Å². The van der Waals surface area contributed by atoms with E-state index in [1.807, 2.05) is 0 Å². The first-order valence-corrected chi connectivity index (χ1v) is 5.72. The molecule has 0 spiro atoms. The van der Waals surface area contributed by atoms with Crippen LogP contribution in [-0.4, -0.2) is 35.6 Å². The topological polar surface area (TPSA) is 61.8 Å². The van der Waals surface area contributed by atoms with Crippen molar-refractivity contribution in [2.45, 2.75) is 39.5 Å². The van der Waals surface area contributed by atoms with Gasteiger partial charge in [-0.2, -0.15) is 0 Å². The number of nitrogens with zero attached hydrogens (tertiary/aromatic N) is 2. The summed E-state index contributed by atoms with van der Waals surface area (Å²) in [6.07, 6.45) is 4.28. The normalized spacial score (nSPS) is 22.9. The van der Waals surface area contributed by atoms with Gasteiger partial charge in [0.05, 0.1) is 0 Å². The molecule has 0 radical (unpaired) electrons. The van der Waals surface area contributed by atoms with Crippen LogP contribution in [0.5, 0.6) is 0 Å². The quantitative estimate of drug-likeness (QED) is 0.323. The van der Waals surface area contributed by atoms with Gasteiger partial charge in [0.1, 0.15) is 5.84 Å². The number of piperidine rings is 1. The zero-order chi connectivity index (χ0) is 11.3. The van der Waals surface area contributed by atoms with Crippen LogP contribution in [0.1, 0.15) is 39.5 Å². The van der Waals surface area contributed by atoms with Crippen molar-refractivity contribution in [3.05, 3.63) is 0 Å². The van der Waals surface area contributed by atoms with E-state index in [2.05, 4.69) is 23.9 Å². The van der Waals surface area contributed by atoms with Crippen molar-refractivity contribution in [2.24, 2.45) is 16.3 Å². The van der Waals surface area contributed by atoms with Gasteiger partial charge in [0.2, 0.25) is 0 Å². The van der Waals surface area contributed by atoms with Crippen LogP contribution >= 0.6 is 0 Å². The zero-order valence-electron chi connectivity index (χ0n) is 9.87. The predicted octanol–water partition coefficient (Wildman–Crippen LogP) is 1.63. The monoisotopic (exact) mass is 213 g/mol. The number of nitrogens with two attached hydrogens (primary N) is 1. The number of hydrogen-bond acceptors (Lipinski definition) is 3. The Morgan fingerprint density at radius 1 is 1.53 bits per heavy atom. The molecule has 88 valence electrons. The largest absolute Gasteiger partial charge is 0.409 e. The van der Waals surface area contributed by atoms with Crippen molar-refractivity contribution < 1.29 is 5.21 Å². The van der Waals surface area contributed by atoms with E-state index in [0.717, 1.165) is 13.0 Å². The van der Waals surface area contributed by atoms with Crippen LogP contribution < -0.4 is 5.73 Å². The minimum atomic E-state index is 0.339. The second-order valence-electron chi connectivity index (χ2n) is 5.24. The van der Waals surface area contributed by atoms with Gasteiger partial charge in [0, 0.05) is 13.0 Å². The first-order chi connectivity index (χ1) is 7.03. The lowest BCUT2D eigenvalue weighted by molar-refractivity contribution is 0.117. The number of likely N-dealkylation sites (tertiary alicyclic amines) is 1. The van der Waals surface area contributed by atoms with Crippen LogP contribution in [0.4, 0.5) is 0 Å². The second kappa shape index (κ2) is 5.35. The molecule has 1 rings (SSSR count). The van der Waals surface area contributed by atoms with E-state index in [9.17, 15) is 0 Å². The highest BCUT2D eigenvalue weighted by atomic mass is 16.4. The smallest absolute Gasteiger partial charge is 0.139 e. The summed E-state index contributed by atoms with van der Waals surface area (Å²) in [5, 5.41) is 11.4. The van der Waals surface area contributed by atoms with E-state index in [-0.39, 0.29) is 0 Å². The average molecular weight is 213 g/mol. The fourth-order valence-corrected chi connectivity index (χ4v) is 2.27. The van der Waals surface area contributed by atoms with Crippen LogP contribution in [0.25, 0.3) is 0 Å². The standard InChI is InChI=1S/C11H23N3O/c1-11(2)6-4-8-14(9-11)7-3-5-10(12)13-15/h15H,3-9H2,1-2H3,(H2,12,13). The maximum Gasteiger partial charge on any atom is 0.139 e. The Bertz CT molecular complexity index is 226. The molecule has 15 heavy (non-hydrogen) atoms. The van der Waals surface area contributed by atoms with E-state index in [1.165, 1.54) is 25.9 Å². The summed E-state index contributed by atoms with van der Waals surface area (Å²) in [4.78, 5) is 2.48. The lowest BCUT2D eigenvalue weighted by Gasteiger charge is -2.38. The SMILES string of the molecule is CC1(C)CCCN(CCCC(N)=NO)C1. The average Bonchev–Trinajstić information content (AvgIpc) is 2.16. The summed E-state index contributed by atoms with van der Waals surface area (Å²) >= 11 is 0. The summed E-state index contributed by atoms with van der Waals surface area (Å²) in [7, 11) is 0. The molecule has 1 saturated heterocycles. The van der Waals surface area contributed by atoms with E-state index < -0.39 is 0 Å². The molecule has 0 aromatic rings. The minimum Gasteiger partial charge on any atom is -0.409 e. The van der Waals surface area contributed by atoms with Crippen LogP contribution in [0, 0.1) is 5.41 Å². The Balaban J connectivity index is 2.21. The molecule has 1 aliphatic heterocycles. The van der Waals surface area contributed by atoms with Crippen molar-refractivity contribution in [2.75, 3.05) is 19.6 Å². The number of hydrogen-bond donors (Lipinski definition) is 2. The third kappa shape index (κ3) is 4.51. The van der Waals surface area contributed by atoms with Gasteiger partial charge in [-0.25, -0.2) is 0 Å². The van der Waals surface area contributed by atoms with Gasteiger partial charge in [-0.05, 0) is 37.8 Å². The molecule has 0 aliphatic carbocycles. The lowest BCUT2D eigenvalue weighted by Crippen LogP contribution is -2.40. The molecular formula is C11H23N3O. The van der Waals surface area contributed by atoms with Crippen molar-refractivity contribution in [3.8, 4) is 0 Å². The van der Waals surface area contributed by atoms with E-state index >= 15 is 0 Å². The summed E-state index contributed by atoms with van der Waals surface area (Å²) in [6, 6.07) is 0. The zero-order valence-corrected chi connectivity index (χ0v) is 9.87. The number of oxime groups is 1. The molecule has 0 bridgehead atoms. The molecule has 1 aliphatic rings. The summed E-state index contributed by atoms with van der Waals surface area (Å²) in [5.41, 5.74) is 5.88. The van der Waals surface area contributed by atoms with Crippen molar-refractivity contribution in [1.29, 1.82) is 0 Å². The highest BCUT2D eigenvalue weighted by molar-refractivity contribution is 5.79. The fraction of sp³-hybridized carbons (Fsp3) is 0.909. The first kappa shape index (κ1) is 12.3. The van der Waals surface area contributed by atoms with Crippen molar-refractivity contribution in [1.82, 2.24) is 4.90 Å². The van der Waals surface area contributed by atoms with Gasteiger partial charge in [-0.15, -0.1) is 0 Å². The fourth-order valence-electron chi connectivity index (χ4n) is 2.27. The Labute approximate surface area is 92.1 Å². The highest BCUT2D eigenvalue weighted by Gasteiger charge is 2.25. The molecule has 4 nitrogen and oxygen atoms in total. The molecule has 0 aromatic heterocycles. The third-order valence-electron chi connectivity index (χ3n) is 3.02. The van der Waals surface area contributed by atoms with Gasteiger partial charge in [0.15, 0.2) is 0 Å². The van der Waals surface area contributed by atoms with Crippen LogP contribution in [0.15, 0.2) is 5.16 Å². The molecule has 0 amide bonds. The van der Waals surface area contributed by atoms with Crippen LogP contribution in [0.3, 0.4) is 0 Å². The van der Waals surface area contributed by atoms with E-state index in [0.29, 0.717) is 17.7 Å². The molecule has 0 atom stereocenters. The number of rotatable bonds is 4. The molecule has 1 heterocycles. The molecule has 4 heteroatoms. The van der Waals surface area contributed by atoms with Gasteiger partial charge < -0.3 is 15.8 Å². The molecule has 0 saturated carbocycles. The maximum absolute atomic E-state index is 8.40.